The van der Waals surface area contributed by atoms with Gasteiger partial charge in [-0.3, -0.25) is 9.59 Å². The molecular formula is C13H18ClN5O2. The van der Waals surface area contributed by atoms with E-state index in [1.54, 1.807) is 24.3 Å². The minimum absolute atomic E-state index is 0. The molecular weight excluding hydrogens is 294 g/mol. The van der Waals surface area contributed by atoms with Crippen LogP contribution in [0.2, 0.25) is 0 Å². The Balaban J connectivity index is 0.00000220. The second-order valence-corrected chi connectivity index (χ2v) is 4.56. The number of likely N-dealkylation sites (N-methyl/N-ethyl adjacent to an activating group) is 1. The van der Waals surface area contributed by atoms with Crippen LogP contribution in [0.1, 0.15) is 6.92 Å². The molecule has 2 N–H and O–H groups in total. The molecule has 0 fully saturated rings. The Morgan fingerprint density at radius 2 is 2.10 bits per heavy atom. The van der Waals surface area contributed by atoms with Crippen LogP contribution in [-0.2, 0) is 11.3 Å². The van der Waals surface area contributed by atoms with Crippen LogP contribution in [0.15, 0.2) is 29.1 Å². The van der Waals surface area contributed by atoms with Crippen LogP contribution in [0.3, 0.4) is 0 Å². The van der Waals surface area contributed by atoms with Crippen molar-refractivity contribution in [1.82, 2.24) is 25.6 Å². The lowest BCUT2D eigenvalue weighted by Gasteiger charge is -2.11. The zero-order chi connectivity index (χ0) is 14.5. The first-order chi connectivity index (χ1) is 9.61. The number of hydrogen-bond acceptors (Lipinski definition) is 5. The molecule has 0 aliphatic heterocycles. The maximum Gasteiger partial charge on any atom is 0.278 e. The summed E-state index contributed by atoms with van der Waals surface area (Å²) in [6.07, 6.45) is 0. The van der Waals surface area contributed by atoms with Crippen LogP contribution >= 0.6 is 12.4 Å². The average Bonchev–Trinajstić information content (AvgIpc) is 2.48. The number of benzene rings is 1. The Bertz CT molecular complexity index is 673. The number of hydrogen-bond donors (Lipinski definition) is 2. The van der Waals surface area contributed by atoms with Crippen molar-refractivity contribution in [3.8, 4) is 0 Å². The Labute approximate surface area is 128 Å². The number of carbonyl (C=O) groups is 1. The number of amides is 1. The number of aromatic nitrogens is 3. The molecule has 1 amide bonds. The molecule has 0 radical (unpaired) electrons. The summed E-state index contributed by atoms with van der Waals surface area (Å²) in [4.78, 5) is 23.9. The van der Waals surface area contributed by atoms with E-state index >= 15 is 0 Å². The lowest BCUT2D eigenvalue weighted by atomic mass is 10.2. The summed E-state index contributed by atoms with van der Waals surface area (Å²) in [5.41, 5.74) is 0.213. The van der Waals surface area contributed by atoms with E-state index in [1.807, 2.05) is 14.0 Å². The van der Waals surface area contributed by atoms with Crippen molar-refractivity contribution in [3.05, 3.63) is 34.6 Å². The summed E-state index contributed by atoms with van der Waals surface area (Å²) in [6.45, 7) is 2.31. The van der Waals surface area contributed by atoms with E-state index in [-0.39, 0.29) is 36.5 Å². The van der Waals surface area contributed by atoms with Crippen molar-refractivity contribution in [2.24, 2.45) is 0 Å². The standard InChI is InChI=1S/C13H17N5O2.ClH/c1-9(14-2)7-15-12(19)8-18-13(20)10-5-3-4-6-11(10)16-17-18;/h3-6,9,14H,7-8H2,1-2H3,(H,15,19);1H. The minimum atomic E-state index is -0.313. The molecule has 2 rings (SSSR count). The summed E-state index contributed by atoms with van der Waals surface area (Å²) in [5.74, 6) is -0.265. The monoisotopic (exact) mass is 311 g/mol. The van der Waals surface area contributed by atoms with Crippen molar-refractivity contribution in [3.63, 3.8) is 0 Å². The normalized spacial score (nSPS) is 11.7. The van der Waals surface area contributed by atoms with Gasteiger partial charge in [0.1, 0.15) is 12.1 Å². The number of nitrogens with one attached hydrogen (secondary N) is 2. The first kappa shape index (κ1) is 17.1. The van der Waals surface area contributed by atoms with E-state index in [0.29, 0.717) is 17.4 Å². The summed E-state index contributed by atoms with van der Waals surface area (Å²) in [6, 6.07) is 7.09. The van der Waals surface area contributed by atoms with Crippen molar-refractivity contribution < 1.29 is 4.79 Å². The molecule has 2 aromatic rings. The first-order valence-corrected chi connectivity index (χ1v) is 6.38. The highest BCUT2D eigenvalue weighted by Crippen LogP contribution is 2.02. The highest BCUT2D eigenvalue weighted by Gasteiger charge is 2.09. The highest BCUT2D eigenvalue weighted by atomic mass is 35.5. The Kier molecular flexibility index (Phi) is 6.26. The number of rotatable bonds is 5. The molecule has 0 aliphatic carbocycles. The van der Waals surface area contributed by atoms with E-state index in [4.69, 9.17) is 0 Å². The zero-order valence-electron chi connectivity index (χ0n) is 11.9. The Morgan fingerprint density at radius 3 is 2.81 bits per heavy atom. The van der Waals surface area contributed by atoms with E-state index in [1.165, 1.54) is 0 Å². The van der Waals surface area contributed by atoms with Gasteiger partial charge in [0.2, 0.25) is 5.91 Å². The fraction of sp³-hybridized carbons (Fsp3) is 0.385. The zero-order valence-corrected chi connectivity index (χ0v) is 12.7. The molecule has 21 heavy (non-hydrogen) atoms. The molecule has 1 unspecified atom stereocenters. The number of carbonyl (C=O) groups excluding carboxylic acids is 1. The van der Waals surface area contributed by atoms with Gasteiger partial charge in [-0.05, 0) is 26.1 Å². The van der Waals surface area contributed by atoms with Gasteiger partial charge in [-0.1, -0.05) is 17.3 Å². The second kappa shape index (κ2) is 7.70. The van der Waals surface area contributed by atoms with Crippen molar-refractivity contribution >= 4 is 29.2 Å². The SMILES string of the molecule is CNC(C)CNC(=O)Cn1nnc2ccccc2c1=O.Cl. The molecule has 0 bridgehead atoms. The smallest absolute Gasteiger partial charge is 0.278 e. The molecule has 114 valence electrons. The third kappa shape index (κ3) is 4.24. The van der Waals surface area contributed by atoms with Gasteiger partial charge in [0.15, 0.2) is 0 Å². The Morgan fingerprint density at radius 1 is 1.38 bits per heavy atom. The fourth-order valence-corrected chi connectivity index (χ4v) is 1.69. The second-order valence-electron chi connectivity index (χ2n) is 4.56. The summed E-state index contributed by atoms with van der Waals surface area (Å²) >= 11 is 0. The molecule has 0 aliphatic rings. The number of nitrogens with zero attached hydrogens (tertiary/aromatic N) is 3. The van der Waals surface area contributed by atoms with Gasteiger partial charge in [0.25, 0.3) is 5.56 Å². The maximum atomic E-state index is 12.1. The molecule has 0 saturated heterocycles. The summed E-state index contributed by atoms with van der Waals surface area (Å²) < 4.78 is 1.07. The molecule has 0 saturated carbocycles. The quantitative estimate of drug-likeness (QED) is 0.807. The van der Waals surface area contributed by atoms with Gasteiger partial charge in [-0.2, -0.15) is 0 Å². The van der Waals surface area contributed by atoms with E-state index in [0.717, 1.165) is 4.68 Å². The molecule has 1 aromatic heterocycles. The van der Waals surface area contributed by atoms with E-state index in [2.05, 4.69) is 20.9 Å². The summed E-state index contributed by atoms with van der Waals surface area (Å²) in [7, 11) is 1.82. The van der Waals surface area contributed by atoms with E-state index in [9.17, 15) is 9.59 Å². The largest absolute Gasteiger partial charge is 0.353 e. The fourth-order valence-electron chi connectivity index (χ4n) is 1.69. The van der Waals surface area contributed by atoms with Gasteiger partial charge < -0.3 is 10.6 Å². The van der Waals surface area contributed by atoms with Gasteiger partial charge in [0, 0.05) is 12.6 Å². The predicted molar refractivity (Wildman–Crippen MR) is 82.6 cm³/mol. The van der Waals surface area contributed by atoms with E-state index < -0.39 is 0 Å². The van der Waals surface area contributed by atoms with Crippen LogP contribution in [0.4, 0.5) is 0 Å². The van der Waals surface area contributed by atoms with Gasteiger partial charge in [-0.15, -0.1) is 17.5 Å². The van der Waals surface area contributed by atoms with Gasteiger partial charge in [-0.25, -0.2) is 4.68 Å². The van der Waals surface area contributed by atoms with Crippen LogP contribution in [-0.4, -0.2) is 40.5 Å². The molecule has 1 aromatic carbocycles. The van der Waals surface area contributed by atoms with Crippen LogP contribution in [0.5, 0.6) is 0 Å². The van der Waals surface area contributed by atoms with Crippen LogP contribution in [0.25, 0.3) is 10.9 Å². The topological polar surface area (TPSA) is 88.9 Å². The van der Waals surface area contributed by atoms with Gasteiger partial charge >= 0.3 is 0 Å². The highest BCUT2D eigenvalue weighted by molar-refractivity contribution is 5.85. The molecule has 1 heterocycles. The van der Waals surface area contributed by atoms with Crippen molar-refractivity contribution in [2.75, 3.05) is 13.6 Å². The Hall–Kier alpha value is -1.99. The predicted octanol–water partition coefficient (Wildman–Crippen LogP) is -0.0626. The minimum Gasteiger partial charge on any atom is -0.353 e. The molecule has 1 atom stereocenters. The number of fused-ring (bicyclic) bond motifs is 1. The average molecular weight is 312 g/mol. The van der Waals surface area contributed by atoms with Crippen LogP contribution in [0, 0.1) is 0 Å². The third-order valence-electron chi connectivity index (χ3n) is 3.02. The lowest BCUT2D eigenvalue weighted by molar-refractivity contribution is -0.122. The molecule has 7 nitrogen and oxygen atoms in total. The van der Waals surface area contributed by atoms with Crippen molar-refractivity contribution in [2.45, 2.75) is 19.5 Å². The molecule has 0 spiro atoms. The first-order valence-electron chi connectivity index (χ1n) is 6.38. The maximum absolute atomic E-state index is 12.1. The summed E-state index contributed by atoms with van der Waals surface area (Å²) in [5, 5.41) is 13.9. The van der Waals surface area contributed by atoms with Gasteiger partial charge in [0.05, 0.1) is 5.39 Å². The number of halogens is 1. The molecule has 8 heteroatoms. The van der Waals surface area contributed by atoms with Crippen molar-refractivity contribution in [1.29, 1.82) is 0 Å². The lowest BCUT2D eigenvalue weighted by Crippen LogP contribution is -2.40. The van der Waals surface area contributed by atoms with Crippen LogP contribution < -0.4 is 16.2 Å². The third-order valence-corrected chi connectivity index (χ3v) is 3.02.